The average molecular weight is 338 g/mol. The van der Waals surface area contributed by atoms with Crippen LogP contribution in [0.4, 0.5) is 0 Å². The van der Waals surface area contributed by atoms with Crippen LogP contribution in [-0.4, -0.2) is 60.5 Å². The number of hydrogen-bond acceptors (Lipinski definition) is 3. The lowest BCUT2D eigenvalue weighted by Crippen LogP contribution is -2.61. The Hall–Kier alpha value is -0.0300. The van der Waals surface area contributed by atoms with Gasteiger partial charge < -0.3 is 10.2 Å². The van der Waals surface area contributed by atoms with Gasteiger partial charge in [0.05, 0.1) is 6.54 Å². The summed E-state index contributed by atoms with van der Waals surface area (Å²) >= 11 is 0. The van der Waals surface area contributed by atoms with E-state index in [2.05, 4.69) is 22.0 Å². The van der Waals surface area contributed by atoms with Gasteiger partial charge >= 0.3 is 0 Å². The van der Waals surface area contributed by atoms with E-state index in [-0.39, 0.29) is 24.8 Å². The number of rotatable bonds is 4. The first-order chi connectivity index (χ1) is 9.24. The lowest BCUT2D eigenvalue weighted by Gasteiger charge is -2.47. The van der Waals surface area contributed by atoms with Gasteiger partial charge in [0.15, 0.2) is 0 Å². The molecule has 1 amide bonds. The average Bonchev–Trinajstić information content (AvgIpc) is 3.22. The van der Waals surface area contributed by atoms with Gasteiger partial charge in [0, 0.05) is 25.2 Å². The summed E-state index contributed by atoms with van der Waals surface area (Å²) in [6.07, 6.45) is 6.63. The number of fused-ring (bicyclic) bond motifs is 1. The third kappa shape index (κ3) is 4.98. The van der Waals surface area contributed by atoms with Crippen molar-refractivity contribution < 1.29 is 4.79 Å². The molecule has 0 aromatic carbocycles. The van der Waals surface area contributed by atoms with Crippen LogP contribution in [0, 0.1) is 5.92 Å². The lowest BCUT2D eigenvalue weighted by molar-refractivity contribution is -0.137. The first kappa shape index (κ1) is 19.0. The van der Waals surface area contributed by atoms with Crippen molar-refractivity contribution in [2.24, 2.45) is 5.92 Å². The van der Waals surface area contributed by atoms with Crippen molar-refractivity contribution in [3.05, 3.63) is 0 Å². The molecule has 2 unspecified atom stereocenters. The fourth-order valence-electron chi connectivity index (χ4n) is 3.51. The number of amides is 1. The van der Waals surface area contributed by atoms with Crippen LogP contribution in [0.3, 0.4) is 0 Å². The van der Waals surface area contributed by atoms with Crippen LogP contribution < -0.4 is 5.32 Å². The summed E-state index contributed by atoms with van der Waals surface area (Å²) in [6, 6.07) is 1.00. The zero-order valence-corrected chi connectivity index (χ0v) is 14.6. The van der Waals surface area contributed by atoms with Gasteiger partial charge in [-0.1, -0.05) is 6.42 Å². The van der Waals surface area contributed by atoms with E-state index in [4.69, 9.17) is 0 Å². The molecule has 21 heavy (non-hydrogen) atoms. The monoisotopic (exact) mass is 337 g/mol. The largest absolute Gasteiger partial charge is 0.336 e. The normalized spacial score (nSPS) is 29.1. The van der Waals surface area contributed by atoms with Crippen LogP contribution in [0.2, 0.25) is 0 Å². The highest BCUT2D eigenvalue weighted by Gasteiger charge is 2.34. The first-order valence-electron chi connectivity index (χ1n) is 7.98. The summed E-state index contributed by atoms with van der Waals surface area (Å²) in [5, 5.41) is 3.33. The molecule has 0 aromatic heterocycles. The quantitative estimate of drug-likeness (QED) is 0.851. The number of hydrogen-bond donors (Lipinski definition) is 1. The van der Waals surface area contributed by atoms with Crippen LogP contribution in [0.5, 0.6) is 0 Å². The van der Waals surface area contributed by atoms with Crippen molar-refractivity contribution in [1.82, 2.24) is 15.1 Å². The molecule has 0 radical (unpaired) electrons. The van der Waals surface area contributed by atoms with E-state index in [0.29, 0.717) is 24.5 Å². The fraction of sp³-hybridized carbons (Fsp3) is 0.933. The smallest absolute Gasteiger partial charge is 0.236 e. The van der Waals surface area contributed by atoms with Gasteiger partial charge in [0.25, 0.3) is 0 Å². The van der Waals surface area contributed by atoms with Gasteiger partial charge in [0.1, 0.15) is 0 Å². The number of piperidine rings is 1. The molecule has 4 nitrogen and oxygen atoms in total. The first-order valence-corrected chi connectivity index (χ1v) is 7.98. The molecule has 2 aliphatic heterocycles. The molecule has 1 aliphatic carbocycles. The van der Waals surface area contributed by atoms with E-state index in [1.165, 1.54) is 38.6 Å². The summed E-state index contributed by atoms with van der Waals surface area (Å²) in [6.45, 7) is 7.02. The Labute approximate surface area is 140 Å². The van der Waals surface area contributed by atoms with Crippen molar-refractivity contribution in [1.29, 1.82) is 0 Å². The van der Waals surface area contributed by atoms with Crippen molar-refractivity contribution in [3.8, 4) is 0 Å². The van der Waals surface area contributed by atoms with Crippen LogP contribution in [0.15, 0.2) is 0 Å². The van der Waals surface area contributed by atoms with Gasteiger partial charge in [-0.25, -0.2) is 0 Å². The minimum Gasteiger partial charge on any atom is -0.336 e. The van der Waals surface area contributed by atoms with Crippen LogP contribution in [0.25, 0.3) is 0 Å². The summed E-state index contributed by atoms with van der Waals surface area (Å²) in [7, 11) is 0. The molecule has 3 rings (SSSR count). The molecular formula is C15H29Cl2N3O. The topological polar surface area (TPSA) is 35.6 Å². The summed E-state index contributed by atoms with van der Waals surface area (Å²) in [5.74, 6) is 1.15. The molecule has 124 valence electrons. The Morgan fingerprint density at radius 1 is 1.14 bits per heavy atom. The highest BCUT2D eigenvalue weighted by molar-refractivity contribution is 5.85. The van der Waals surface area contributed by atoms with E-state index < -0.39 is 0 Å². The number of carbonyl (C=O) groups is 1. The molecule has 0 bridgehead atoms. The van der Waals surface area contributed by atoms with Crippen molar-refractivity contribution in [2.45, 2.75) is 51.1 Å². The lowest BCUT2D eigenvalue weighted by atomic mass is 9.97. The van der Waals surface area contributed by atoms with E-state index in [1.807, 2.05) is 0 Å². The Kier molecular flexibility index (Phi) is 7.75. The fourth-order valence-corrected chi connectivity index (χ4v) is 3.51. The van der Waals surface area contributed by atoms with Gasteiger partial charge in [-0.05, 0) is 51.6 Å². The van der Waals surface area contributed by atoms with Crippen molar-refractivity contribution >= 4 is 30.7 Å². The van der Waals surface area contributed by atoms with E-state index in [0.717, 1.165) is 25.6 Å². The molecule has 3 aliphatic rings. The van der Waals surface area contributed by atoms with Gasteiger partial charge in [-0.3, -0.25) is 9.69 Å². The second kappa shape index (κ2) is 8.56. The molecule has 2 heterocycles. The molecule has 1 N–H and O–H groups in total. The van der Waals surface area contributed by atoms with Gasteiger partial charge in [0.2, 0.25) is 5.91 Å². The molecule has 6 heteroatoms. The second-order valence-corrected chi connectivity index (χ2v) is 6.61. The van der Waals surface area contributed by atoms with Crippen molar-refractivity contribution in [3.63, 3.8) is 0 Å². The van der Waals surface area contributed by atoms with E-state index in [9.17, 15) is 4.79 Å². The van der Waals surface area contributed by atoms with E-state index in [1.54, 1.807) is 0 Å². The highest BCUT2D eigenvalue weighted by Crippen LogP contribution is 2.27. The maximum absolute atomic E-state index is 12.3. The highest BCUT2D eigenvalue weighted by atomic mass is 35.5. The Balaban J connectivity index is 0.00000110. The summed E-state index contributed by atoms with van der Waals surface area (Å²) in [4.78, 5) is 17.0. The van der Waals surface area contributed by atoms with E-state index >= 15 is 0 Å². The molecule has 0 aromatic rings. The number of nitrogens with zero attached hydrogens (tertiary/aromatic N) is 2. The molecule has 2 saturated heterocycles. The molecular weight excluding hydrogens is 309 g/mol. The predicted molar refractivity (Wildman–Crippen MR) is 90.5 cm³/mol. The SMILES string of the molecule is CC1CN2CCCCC2CN1C(=O)CNCC1CC1.Cl.Cl. The second-order valence-electron chi connectivity index (χ2n) is 6.61. The summed E-state index contributed by atoms with van der Waals surface area (Å²) in [5.41, 5.74) is 0. The molecule has 0 spiro atoms. The van der Waals surface area contributed by atoms with Gasteiger partial charge in [-0.2, -0.15) is 0 Å². The number of halogens is 2. The summed E-state index contributed by atoms with van der Waals surface area (Å²) < 4.78 is 0. The zero-order chi connectivity index (χ0) is 13.2. The third-order valence-electron chi connectivity index (χ3n) is 4.91. The molecule has 3 fully saturated rings. The standard InChI is InChI=1S/C15H27N3O.2ClH/c1-12-10-17-7-3-2-4-14(17)11-18(12)15(19)9-16-8-13-5-6-13;;/h12-14,16H,2-11H2,1H3;2*1H. The van der Waals surface area contributed by atoms with Crippen molar-refractivity contribution in [2.75, 3.05) is 32.7 Å². The Bertz CT molecular complexity index is 339. The van der Waals surface area contributed by atoms with Crippen LogP contribution >= 0.6 is 24.8 Å². The van der Waals surface area contributed by atoms with Gasteiger partial charge in [-0.15, -0.1) is 24.8 Å². The van der Waals surface area contributed by atoms with Crippen LogP contribution in [-0.2, 0) is 4.79 Å². The Morgan fingerprint density at radius 3 is 2.62 bits per heavy atom. The third-order valence-corrected chi connectivity index (χ3v) is 4.91. The predicted octanol–water partition coefficient (Wildman–Crippen LogP) is 1.91. The number of nitrogens with one attached hydrogen (secondary N) is 1. The maximum Gasteiger partial charge on any atom is 0.236 e. The minimum absolute atomic E-state index is 0. The van der Waals surface area contributed by atoms with Crippen LogP contribution in [0.1, 0.15) is 39.0 Å². The molecule has 2 atom stereocenters. The number of carbonyl (C=O) groups excluding carboxylic acids is 1. The molecule has 1 saturated carbocycles. The zero-order valence-electron chi connectivity index (χ0n) is 12.9. The Morgan fingerprint density at radius 2 is 1.90 bits per heavy atom. The maximum atomic E-state index is 12.3. The minimum atomic E-state index is 0. The number of piperazine rings is 1.